The highest BCUT2D eigenvalue weighted by molar-refractivity contribution is 5.86. The molecule has 0 aromatic carbocycles. The second-order valence-corrected chi connectivity index (χ2v) is 6.33. The lowest BCUT2D eigenvalue weighted by Gasteiger charge is -2.41. The van der Waals surface area contributed by atoms with Gasteiger partial charge in [-0.05, 0) is 52.4 Å². The van der Waals surface area contributed by atoms with Crippen molar-refractivity contribution in [3.05, 3.63) is 0 Å². The monoisotopic (exact) mass is 283 g/mol. The number of piperidine rings is 1. The van der Waals surface area contributed by atoms with E-state index < -0.39 is 17.0 Å². The van der Waals surface area contributed by atoms with Crippen LogP contribution in [-0.2, 0) is 14.3 Å². The van der Waals surface area contributed by atoms with Crippen LogP contribution in [0.25, 0.3) is 0 Å². The minimum Gasteiger partial charge on any atom is -0.481 e. The van der Waals surface area contributed by atoms with Crippen molar-refractivity contribution >= 4 is 11.9 Å². The number of hydrogen-bond acceptors (Lipinski definition) is 3. The Bertz CT molecular complexity index is 389. The molecule has 2 fully saturated rings. The van der Waals surface area contributed by atoms with Gasteiger partial charge in [0.2, 0.25) is 0 Å². The predicted octanol–water partition coefficient (Wildman–Crippen LogP) is 2.05. The van der Waals surface area contributed by atoms with E-state index in [9.17, 15) is 14.7 Å². The van der Waals surface area contributed by atoms with Crippen molar-refractivity contribution in [2.24, 2.45) is 5.41 Å². The maximum Gasteiger partial charge on any atom is 0.311 e. The Kier molecular flexibility index (Phi) is 4.37. The fourth-order valence-electron chi connectivity index (χ4n) is 3.52. The molecule has 0 aromatic heterocycles. The molecular formula is C15H25NO4. The van der Waals surface area contributed by atoms with Crippen molar-refractivity contribution in [2.45, 2.75) is 58.0 Å². The van der Waals surface area contributed by atoms with Gasteiger partial charge in [0.15, 0.2) is 0 Å². The van der Waals surface area contributed by atoms with Crippen LogP contribution in [0.3, 0.4) is 0 Å². The lowest BCUT2D eigenvalue weighted by atomic mass is 9.81. The second-order valence-electron chi connectivity index (χ2n) is 6.33. The number of rotatable bonds is 4. The Morgan fingerprint density at radius 2 is 1.85 bits per heavy atom. The van der Waals surface area contributed by atoms with Crippen LogP contribution in [0.15, 0.2) is 0 Å². The topological polar surface area (TPSA) is 66.8 Å². The summed E-state index contributed by atoms with van der Waals surface area (Å²) >= 11 is 0. The average molecular weight is 283 g/mol. The Morgan fingerprint density at radius 1 is 1.20 bits per heavy atom. The molecule has 2 rings (SSSR count). The minimum absolute atomic E-state index is 0.00373. The molecule has 0 bridgehead atoms. The normalized spacial score (nSPS) is 29.4. The largest absolute Gasteiger partial charge is 0.481 e. The van der Waals surface area contributed by atoms with Crippen LogP contribution in [0.4, 0.5) is 0 Å². The highest BCUT2D eigenvalue weighted by Crippen LogP contribution is 2.37. The van der Waals surface area contributed by atoms with E-state index in [1.54, 1.807) is 11.8 Å². The van der Waals surface area contributed by atoms with Gasteiger partial charge in [-0.15, -0.1) is 0 Å². The van der Waals surface area contributed by atoms with E-state index in [1.165, 1.54) is 0 Å². The highest BCUT2D eigenvalue weighted by atomic mass is 16.5. The Balaban J connectivity index is 2.13. The van der Waals surface area contributed by atoms with Crippen molar-refractivity contribution in [1.82, 2.24) is 4.90 Å². The van der Waals surface area contributed by atoms with Crippen LogP contribution in [0.1, 0.15) is 52.4 Å². The number of nitrogens with zero attached hydrogens (tertiary/aromatic N) is 1. The fraction of sp³-hybridized carbons (Fsp3) is 0.867. The quantitative estimate of drug-likeness (QED) is 0.857. The molecule has 1 aliphatic heterocycles. The molecule has 2 aliphatic rings. The fourth-order valence-corrected chi connectivity index (χ4v) is 3.52. The van der Waals surface area contributed by atoms with E-state index in [0.29, 0.717) is 26.1 Å². The summed E-state index contributed by atoms with van der Waals surface area (Å²) in [5.74, 6) is -0.809. The zero-order valence-electron chi connectivity index (χ0n) is 12.5. The van der Waals surface area contributed by atoms with Gasteiger partial charge >= 0.3 is 5.97 Å². The first-order valence-electron chi connectivity index (χ1n) is 7.60. The smallest absolute Gasteiger partial charge is 0.311 e. The standard InChI is InChI=1S/C15H25NO4/c1-3-20-15(8-4-5-9-15)12(17)16-10-6-7-14(2,11-16)13(18)19/h3-11H2,1-2H3,(H,18,19). The molecule has 1 aliphatic carbocycles. The van der Waals surface area contributed by atoms with E-state index in [-0.39, 0.29) is 5.91 Å². The molecule has 5 heteroatoms. The lowest BCUT2D eigenvalue weighted by Crippen LogP contribution is -2.55. The minimum atomic E-state index is -0.820. The Labute approximate surface area is 120 Å². The van der Waals surface area contributed by atoms with E-state index in [1.807, 2.05) is 6.92 Å². The molecule has 0 aromatic rings. The summed E-state index contributed by atoms with van der Waals surface area (Å²) in [5.41, 5.74) is -1.51. The second kappa shape index (κ2) is 5.72. The molecule has 1 unspecified atom stereocenters. The molecule has 114 valence electrons. The number of ether oxygens (including phenoxy) is 1. The molecule has 0 spiro atoms. The number of likely N-dealkylation sites (tertiary alicyclic amines) is 1. The third-order valence-electron chi connectivity index (χ3n) is 4.72. The van der Waals surface area contributed by atoms with Crippen molar-refractivity contribution in [2.75, 3.05) is 19.7 Å². The van der Waals surface area contributed by atoms with Crippen molar-refractivity contribution in [3.63, 3.8) is 0 Å². The van der Waals surface area contributed by atoms with Crippen LogP contribution in [0.5, 0.6) is 0 Å². The van der Waals surface area contributed by atoms with Crippen LogP contribution in [-0.4, -0.2) is 47.2 Å². The zero-order valence-corrected chi connectivity index (χ0v) is 12.5. The van der Waals surface area contributed by atoms with Crippen LogP contribution in [0.2, 0.25) is 0 Å². The molecule has 1 saturated heterocycles. The first-order valence-corrected chi connectivity index (χ1v) is 7.60. The predicted molar refractivity (Wildman–Crippen MR) is 74.4 cm³/mol. The van der Waals surface area contributed by atoms with Gasteiger partial charge in [0.05, 0.1) is 5.41 Å². The van der Waals surface area contributed by atoms with Gasteiger partial charge in [-0.2, -0.15) is 0 Å². The van der Waals surface area contributed by atoms with Crippen molar-refractivity contribution in [1.29, 1.82) is 0 Å². The molecule has 5 nitrogen and oxygen atoms in total. The molecule has 0 radical (unpaired) electrons. The van der Waals surface area contributed by atoms with Gasteiger partial charge in [-0.3, -0.25) is 9.59 Å². The van der Waals surface area contributed by atoms with E-state index in [4.69, 9.17) is 4.74 Å². The summed E-state index contributed by atoms with van der Waals surface area (Å²) in [6.07, 6.45) is 4.93. The Hall–Kier alpha value is -1.10. The van der Waals surface area contributed by atoms with E-state index in [0.717, 1.165) is 32.1 Å². The summed E-state index contributed by atoms with van der Waals surface area (Å²) in [7, 11) is 0. The lowest BCUT2D eigenvalue weighted by molar-refractivity contribution is -0.165. The maximum absolute atomic E-state index is 12.8. The summed E-state index contributed by atoms with van der Waals surface area (Å²) in [4.78, 5) is 26.0. The van der Waals surface area contributed by atoms with Gasteiger partial charge < -0.3 is 14.7 Å². The van der Waals surface area contributed by atoms with Crippen molar-refractivity contribution < 1.29 is 19.4 Å². The van der Waals surface area contributed by atoms with E-state index >= 15 is 0 Å². The average Bonchev–Trinajstić information content (AvgIpc) is 2.88. The van der Waals surface area contributed by atoms with E-state index in [2.05, 4.69) is 0 Å². The molecule has 1 N–H and O–H groups in total. The number of carboxylic acids is 1. The SMILES string of the molecule is CCOC1(C(=O)N2CCCC(C)(C(=O)O)C2)CCCC1. The molecule has 1 amide bonds. The van der Waals surface area contributed by atoms with Gasteiger partial charge in [0, 0.05) is 19.7 Å². The van der Waals surface area contributed by atoms with Crippen LogP contribution in [0, 0.1) is 5.41 Å². The number of carboxylic acid groups (broad SMARTS) is 1. The summed E-state index contributed by atoms with van der Waals surface area (Å²) < 4.78 is 5.80. The maximum atomic E-state index is 12.8. The van der Waals surface area contributed by atoms with Gasteiger partial charge in [-0.25, -0.2) is 0 Å². The summed E-state index contributed by atoms with van der Waals surface area (Å²) in [5, 5.41) is 9.36. The third kappa shape index (κ3) is 2.68. The van der Waals surface area contributed by atoms with Gasteiger partial charge in [0.1, 0.15) is 5.60 Å². The molecule has 20 heavy (non-hydrogen) atoms. The molecular weight excluding hydrogens is 258 g/mol. The van der Waals surface area contributed by atoms with Crippen LogP contribution < -0.4 is 0 Å². The highest BCUT2D eigenvalue weighted by Gasteiger charge is 2.48. The van der Waals surface area contributed by atoms with Gasteiger partial charge in [-0.1, -0.05) is 0 Å². The number of aliphatic carboxylic acids is 1. The number of carbonyl (C=O) groups is 2. The third-order valence-corrected chi connectivity index (χ3v) is 4.72. The first-order chi connectivity index (χ1) is 9.43. The van der Waals surface area contributed by atoms with Gasteiger partial charge in [0.25, 0.3) is 5.91 Å². The molecule has 1 heterocycles. The number of amides is 1. The first kappa shape index (κ1) is 15.3. The summed E-state index contributed by atoms with van der Waals surface area (Å²) in [6, 6.07) is 0. The number of hydrogen-bond donors (Lipinski definition) is 1. The van der Waals surface area contributed by atoms with Crippen LogP contribution >= 0.6 is 0 Å². The molecule has 1 atom stereocenters. The number of carbonyl (C=O) groups excluding carboxylic acids is 1. The summed E-state index contributed by atoms with van der Waals surface area (Å²) in [6.45, 7) is 5.12. The Morgan fingerprint density at radius 3 is 2.40 bits per heavy atom. The molecule has 1 saturated carbocycles. The zero-order chi connectivity index (χ0) is 14.8. The van der Waals surface area contributed by atoms with Crippen molar-refractivity contribution in [3.8, 4) is 0 Å².